The largest absolute Gasteiger partial charge is 0.480 e. The Labute approximate surface area is 318 Å². The Hall–Kier alpha value is -4.99. The van der Waals surface area contributed by atoms with E-state index >= 15 is 0 Å². The van der Waals surface area contributed by atoms with Crippen LogP contribution in [-0.2, 0) is 19.1 Å². The van der Waals surface area contributed by atoms with Crippen LogP contribution in [0.3, 0.4) is 0 Å². The average molecular weight is 828 g/mol. The van der Waals surface area contributed by atoms with Gasteiger partial charge in [-0.2, -0.15) is 0 Å². The van der Waals surface area contributed by atoms with E-state index in [0.29, 0.717) is 17.7 Å². The van der Waals surface area contributed by atoms with E-state index in [4.69, 9.17) is 21.7 Å². The summed E-state index contributed by atoms with van der Waals surface area (Å²) in [5, 5.41) is 13.9. The Bertz CT molecular complexity index is 1620. The molecule has 0 fully saturated rings. The lowest BCUT2D eigenvalue weighted by Crippen LogP contribution is -2.44. The minimum Gasteiger partial charge on any atom is -0.480 e. The number of alkyl carbamates (subject to hydrolysis) is 2. The molecule has 3 amide bonds. The third-order valence-corrected chi connectivity index (χ3v) is 8.73. The topological polar surface area (TPSA) is 224 Å². The molecule has 10 N–H and O–H groups in total. The molecule has 0 bridgehead atoms. The van der Waals surface area contributed by atoms with Gasteiger partial charge in [-0.25, -0.2) is 14.4 Å². The second kappa shape index (κ2) is 20.8. The monoisotopic (exact) mass is 827 g/mol. The van der Waals surface area contributed by atoms with Crippen molar-refractivity contribution in [3.8, 4) is 22.3 Å². The maximum Gasteiger partial charge on any atom is 0.407 e. The van der Waals surface area contributed by atoms with Crippen molar-refractivity contribution in [1.29, 1.82) is 0 Å². The zero-order valence-corrected chi connectivity index (χ0v) is 31.3. The van der Waals surface area contributed by atoms with Gasteiger partial charge in [0.15, 0.2) is 0 Å². The van der Waals surface area contributed by atoms with Gasteiger partial charge in [0.2, 0.25) is 5.91 Å². The number of nitrogens with two attached hydrogens (primary N) is 1. The lowest BCUT2D eigenvalue weighted by atomic mass is 9.98. The zero-order valence-electron chi connectivity index (χ0n) is 30.1. The van der Waals surface area contributed by atoms with Crippen molar-refractivity contribution in [1.82, 2.24) is 16.8 Å². The van der Waals surface area contributed by atoms with E-state index in [2.05, 4.69) is 47.0 Å². The Morgan fingerprint density at radius 3 is 1.25 bits per heavy atom. The van der Waals surface area contributed by atoms with E-state index in [1.165, 1.54) is 11.1 Å². The number of ether oxygens (including phenoxy) is 2. The number of nitrogens with one attached hydrogen (secondary N) is 2. The summed E-state index contributed by atoms with van der Waals surface area (Å²) < 4.78 is 16.9. The Kier molecular flexibility index (Phi) is 16.5. The highest BCUT2D eigenvalue weighted by Gasteiger charge is 2.31. The minimum absolute atomic E-state index is 0. The van der Waals surface area contributed by atoms with E-state index in [1.807, 2.05) is 83.3 Å². The average Bonchev–Trinajstić information content (AvgIpc) is 3.63. The lowest BCUT2D eigenvalue weighted by molar-refractivity contribution is -0.139. The van der Waals surface area contributed by atoms with E-state index in [-0.39, 0.29) is 36.7 Å². The van der Waals surface area contributed by atoms with Crippen molar-refractivity contribution in [2.75, 3.05) is 18.1 Å². The number of rotatable bonds is 10. The summed E-state index contributed by atoms with van der Waals surface area (Å²) in [5.41, 5.74) is 14.4. The highest BCUT2D eigenvalue weighted by Crippen LogP contribution is 2.45. The molecule has 4 aromatic carbocycles. The molecule has 0 saturated carbocycles. The van der Waals surface area contributed by atoms with Crippen LogP contribution >= 0.6 is 22.6 Å². The fourth-order valence-corrected chi connectivity index (χ4v) is 6.28. The van der Waals surface area contributed by atoms with Gasteiger partial charge in [0.1, 0.15) is 25.3 Å². The van der Waals surface area contributed by atoms with Crippen LogP contribution in [-0.4, -0.2) is 64.8 Å². The van der Waals surface area contributed by atoms with Crippen molar-refractivity contribution in [3.05, 3.63) is 119 Å². The molecule has 278 valence electrons. The number of carbonyl (C=O) groups excluding carboxylic acids is 3. The van der Waals surface area contributed by atoms with Crippen LogP contribution < -0.4 is 22.5 Å². The molecule has 0 heterocycles. The first-order chi connectivity index (χ1) is 24.6. The predicted octanol–water partition coefficient (Wildman–Crippen LogP) is 6.57. The number of halogens is 1. The van der Waals surface area contributed by atoms with Crippen molar-refractivity contribution in [3.63, 3.8) is 0 Å². The second-order valence-corrected chi connectivity index (χ2v) is 11.6. The van der Waals surface area contributed by atoms with E-state index in [9.17, 15) is 19.2 Å². The molecule has 0 radical (unpaired) electrons. The number of fused-ring (bicyclic) bond motifs is 6. The molecule has 0 unspecified atom stereocenters. The summed E-state index contributed by atoms with van der Waals surface area (Å²) in [6.07, 6.45) is -0.590. The first-order valence-corrected chi connectivity index (χ1v) is 17.8. The number of benzene rings is 4. The fraction of sp³-hybridized carbons (Fsp3) is 0.282. The normalized spacial score (nSPS) is 13.0. The van der Waals surface area contributed by atoms with Crippen LogP contribution in [0.2, 0.25) is 0 Å². The van der Waals surface area contributed by atoms with Crippen LogP contribution in [0, 0.1) is 0 Å². The van der Waals surface area contributed by atoms with Crippen LogP contribution in [0.15, 0.2) is 97.1 Å². The molecule has 6 rings (SSSR count). The summed E-state index contributed by atoms with van der Waals surface area (Å²) in [6, 6.07) is 30.7. The van der Waals surface area contributed by atoms with Gasteiger partial charge in [-0.1, -0.05) is 134 Å². The standard InChI is InChI=1S/C19H20N2O3.C19H19NO4.CH3I.H3N.H2O/c1-2-17(18(20)22)21-19(23)24-11-16-14-9-5-3-7-12(14)13-8-4-6-10-15(13)16;1-2-17(18(21)22)20-19(23)24-11-16-14-9-5-3-7-12(14)13-8-4-6-10-15(13)16;1-2;;/h3-10,16-17H,2,11H2,1H3,(H2,20,22)(H,21,23);3-10,16-17H,2,11H2,1H3,(H,20,23)(H,21,22);1H3;1H3;1H2/t2*17-;;;/m11.../s1/i;;1D;;. The molecule has 0 spiro atoms. The Morgan fingerprint density at radius 1 is 0.692 bits per heavy atom. The summed E-state index contributed by atoms with van der Waals surface area (Å²) in [6.45, 7) is 3.87. The number of primary amides is 1. The SMILES string of the molecule is CC[C@@H](NC(=O)OCC1c2ccccc2-c2ccccc21)C(=O)O.CC[C@@H](NC(=O)OCC1c2ccccc2-c2ccccc21)C(N)=O.N.O.[2H]CI. The third kappa shape index (κ3) is 10.1. The molecule has 4 aromatic rings. The number of amides is 3. The van der Waals surface area contributed by atoms with Crippen LogP contribution in [0.5, 0.6) is 0 Å². The number of carboxylic acids is 1. The van der Waals surface area contributed by atoms with Gasteiger partial charge in [0.25, 0.3) is 0 Å². The van der Waals surface area contributed by atoms with E-state index in [1.54, 1.807) is 13.8 Å². The molecular weight excluding hydrogens is 779 g/mol. The Balaban J connectivity index is 0.000000330. The van der Waals surface area contributed by atoms with Crippen molar-refractivity contribution in [2.45, 2.75) is 50.6 Å². The lowest BCUT2D eigenvalue weighted by Gasteiger charge is -2.17. The molecule has 13 heteroatoms. The molecular formula is C39H47IN4O8. The summed E-state index contributed by atoms with van der Waals surface area (Å²) in [7, 11) is 0. The highest BCUT2D eigenvalue weighted by atomic mass is 127. The fourth-order valence-electron chi connectivity index (χ4n) is 6.28. The number of aliphatic carboxylic acids is 1. The smallest absolute Gasteiger partial charge is 0.407 e. The summed E-state index contributed by atoms with van der Waals surface area (Å²) >= 11 is 1.96. The van der Waals surface area contributed by atoms with E-state index < -0.39 is 36.1 Å². The van der Waals surface area contributed by atoms with Gasteiger partial charge in [0, 0.05) is 13.2 Å². The predicted molar refractivity (Wildman–Crippen MR) is 210 cm³/mol. The van der Waals surface area contributed by atoms with Gasteiger partial charge in [-0.05, 0) is 62.3 Å². The van der Waals surface area contributed by atoms with Crippen LogP contribution in [0.4, 0.5) is 9.59 Å². The van der Waals surface area contributed by atoms with Crippen molar-refractivity contribution < 1.29 is 40.6 Å². The number of hydrogen-bond donors (Lipinski definition) is 5. The van der Waals surface area contributed by atoms with Crippen molar-refractivity contribution in [2.24, 2.45) is 5.73 Å². The Morgan fingerprint density at radius 2 is 0.981 bits per heavy atom. The van der Waals surface area contributed by atoms with Gasteiger partial charge in [0.05, 0.1) is 0 Å². The molecule has 2 aliphatic carbocycles. The van der Waals surface area contributed by atoms with Crippen LogP contribution in [0.25, 0.3) is 22.3 Å². The quantitative estimate of drug-likeness (QED) is 0.0867. The third-order valence-electron chi connectivity index (χ3n) is 8.73. The number of carbonyl (C=O) groups is 4. The number of carboxylic acid groups (broad SMARTS) is 1. The number of alkyl halides is 1. The molecule has 2 aliphatic rings. The molecule has 0 aliphatic heterocycles. The molecule has 0 aromatic heterocycles. The first kappa shape index (κ1) is 41.4. The first-order valence-electron chi connectivity index (χ1n) is 17.0. The molecule has 2 atom stereocenters. The van der Waals surface area contributed by atoms with Gasteiger partial charge >= 0.3 is 18.2 Å². The number of hydrogen-bond acceptors (Lipinski definition) is 7. The van der Waals surface area contributed by atoms with Gasteiger partial charge in [-0.3, -0.25) is 4.79 Å². The van der Waals surface area contributed by atoms with Gasteiger partial charge < -0.3 is 42.6 Å². The highest BCUT2D eigenvalue weighted by molar-refractivity contribution is 14.1. The second-order valence-electron chi connectivity index (χ2n) is 11.6. The van der Waals surface area contributed by atoms with Gasteiger partial charge in [-0.15, -0.1) is 0 Å². The summed E-state index contributed by atoms with van der Waals surface area (Å²) in [5.74, 6) is -1.66. The summed E-state index contributed by atoms with van der Waals surface area (Å²) in [4.78, 5) is 46.5. The van der Waals surface area contributed by atoms with Crippen molar-refractivity contribution >= 4 is 46.7 Å². The van der Waals surface area contributed by atoms with E-state index in [0.717, 1.165) is 33.4 Å². The maximum atomic E-state index is 12.0. The molecule has 12 nitrogen and oxygen atoms in total. The van der Waals surface area contributed by atoms with Crippen LogP contribution in [0.1, 0.15) is 62.1 Å². The molecule has 0 saturated heterocycles. The zero-order chi connectivity index (χ0) is 36.9. The minimum atomic E-state index is -1.06. The maximum absolute atomic E-state index is 12.0. The molecule has 52 heavy (non-hydrogen) atoms.